The van der Waals surface area contributed by atoms with E-state index in [4.69, 9.17) is 9.26 Å². The van der Waals surface area contributed by atoms with Gasteiger partial charge in [-0.3, -0.25) is 4.79 Å². The first kappa shape index (κ1) is 18.0. The van der Waals surface area contributed by atoms with Crippen LogP contribution in [0.15, 0.2) is 59.1 Å². The second-order valence-electron chi connectivity index (χ2n) is 6.85. The van der Waals surface area contributed by atoms with E-state index in [2.05, 4.69) is 5.16 Å². The van der Waals surface area contributed by atoms with Gasteiger partial charge >= 0.3 is 5.97 Å². The van der Waals surface area contributed by atoms with Gasteiger partial charge in [0.2, 0.25) is 0 Å². The van der Waals surface area contributed by atoms with Gasteiger partial charge in [-0.1, -0.05) is 53.7 Å². The Morgan fingerprint density at radius 2 is 1.86 bits per heavy atom. The molecule has 6 heteroatoms. The first-order valence-corrected chi connectivity index (χ1v) is 9.15. The fourth-order valence-electron chi connectivity index (χ4n) is 3.62. The van der Waals surface area contributed by atoms with Crippen LogP contribution in [0.1, 0.15) is 28.6 Å². The molecule has 0 radical (unpaired) electrons. The molecule has 1 aromatic heterocycles. The van der Waals surface area contributed by atoms with Crippen LogP contribution in [0.2, 0.25) is 0 Å². The van der Waals surface area contributed by atoms with Gasteiger partial charge in [-0.05, 0) is 31.9 Å². The van der Waals surface area contributed by atoms with E-state index in [1.54, 1.807) is 11.8 Å². The van der Waals surface area contributed by atoms with Gasteiger partial charge in [-0.15, -0.1) is 0 Å². The highest BCUT2D eigenvalue weighted by atomic mass is 16.5. The van der Waals surface area contributed by atoms with Gasteiger partial charge in [-0.2, -0.15) is 0 Å². The van der Waals surface area contributed by atoms with E-state index in [-0.39, 0.29) is 24.1 Å². The third kappa shape index (κ3) is 3.17. The number of hydrogen-bond donors (Lipinski definition) is 0. The Hall–Kier alpha value is -3.41. The van der Waals surface area contributed by atoms with Crippen molar-refractivity contribution in [2.45, 2.75) is 26.3 Å². The number of nitrogens with zero attached hydrogens (tertiary/aromatic N) is 2. The summed E-state index contributed by atoms with van der Waals surface area (Å²) in [7, 11) is 0. The summed E-state index contributed by atoms with van der Waals surface area (Å²) in [4.78, 5) is 27.1. The van der Waals surface area contributed by atoms with Crippen LogP contribution in [-0.4, -0.2) is 29.7 Å². The number of fused-ring (bicyclic) bond motifs is 1. The highest BCUT2D eigenvalue weighted by molar-refractivity contribution is 6.01. The molecule has 0 fully saturated rings. The molecule has 2 heterocycles. The maximum atomic E-state index is 12.7. The Morgan fingerprint density at radius 3 is 2.64 bits per heavy atom. The molecule has 4 rings (SSSR count). The Bertz CT molecular complexity index is 1030. The van der Waals surface area contributed by atoms with Crippen LogP contribution >= 0.6 is 0 Å². The summed E-state index contributed by atoms with van der Waals surface area (Å²) in [5.74, 6) is -0.511. The molecule has 28 heavy (non-hydrogen) atoms. The lowest BCUT2D eigenvalue weighted by Crippen LogP contribution is -2.38. The molecule has 1 aliphatic rings. The number of rotatable bonds is 4. The third-order valence-corrected chi connectivity index (χ3v) is 4.92. The minimum atomic E-state index is -0.619. The zero-order valence-corrected chi connectivity index (χ0v) is 15.7. The number of carbonyl (C=O) groups is 2. The lowest BCUT2D eigenvalue weighted by Gasteiger charge is -2.22. The molecule has 142 valence electrons. The standard InChI is InChI=1S/C22H20N2O4/c1-14-12-17-10-6-7-11-18(17)24(14)19(25)13-27-22(26)20-15(2)28-23-21(20)16-8-4-3-5-9-16/h3-11,14H,12-13H2,1-2H3. The monoisotopic (exact) mass is 376 g/mol. The van der Waals surface area contributed by atoms with Crippen molar-refractivity contribution in [1.82, 2.24) is 5.16 Å². The van der Waals surface area contributed by atoms with Crippen molar-refractivity contribution in [2.75, 3.05) is 11.5 Å². The van der Waals surface area contributed by atoms with Gasteiger partial charge in [0.05, 0.1) is 0 Å². The van der Waals surface area contributed by atoms with E-state index in [9.17, 15) is 9.59 Å². The topological polar surface area (TPSA) is 72.6 Å². The SMILES string of the molecule is Cc1onc(-c2ccccc2)c1C(=O)OCC(=O)N1c2ccccc2CC1C. The van der Waals surface area contributed by atoms with Crippen LogP contribution in [0.4, 0.5) is 5.69 Å². The second-order valence-corrected chi connectivity index (χ2v) is 6.85. The molecule has 1 unspecified atom stereocenters. The first-order chi connectivity index (χ1) is 13.6. The maximum absolute atomic E-state index is 12.7. The summed E-state index contributed by atoms with van der Waals surface area (Å²) in [6, 6.07) is 17.1. The number of benzene rings is 2. The molecule has 0 N–H and O–H groups in total. The summed E-state index contributed by atoms with van der Waals surface area (Å²) in [5.41, 5.74) is 3.40. The first-order valence-electron chi connectivity index (χ1n) is 9.15. The van der Waals surface area contributed by atoms with E-state index in [1.165, 1.54) is 0 Å². The van der Waals surface area contributed by atoms with E-state index in [0.29, 0.717) is 11.5 Å². The van der Waals surface area contributed by atoms with Gasteiger partial charge < -0.3 is 14.2 Å². The van der Waals surface area contributed by atoms with Gasteiger partial charge in [0.25, 0.3) is 5.91 Å². The number of esters is 1. The number of aromatic nitrogens is 1. The van der Waals surface area contributed by atoms with E-state index in [0.717, 1.165) is 23.2 Å². The second kappa shape index (κ2) is 7.31. The number of para-hydroxylation sites is 1. The molecule has 1 atom stereocenters. The Labute approximate surface area is 162 Å². The van der Waals surface area contributed by atoms with Crippen LogP contribution < -0.4 is 4.90 Å². The predicted molar refractivity (Wildman–Crippen MR) is 104 cm³/mol. The molecule has 6 nitrogen and oxygen atoms in total. The number of anilines is 1. The Balaban J connectivity index is 1.50. The number of hydrogen-bond acceptors (Lipinski definition) is 5. The molecule has 3 aromatic rings. The van der Waals surface area contributed by atoms with E-state index >= 15 is 0 Å². The van der Waals surface area contributed by atoms with Crippen molar-refractivity contribution in [3.63, 3.8) is 0 Å². The summed E-state index contributed by atoms with van der Waals surface area (Å²) < 4.78 is 10.5. The smallest absolute Gasteiger partial charge is 0.344 e. The van der Waals surface area contributed by atoms with Crippen molar-refractivity contribution < 1.29 is 18.8 Å². The van der Waals surface area contributed by atoms with Gasteiger partial charge in [0.15, 0.2) is 6.61 Å². The molecule has 2 aromatic carbocycles. The summed E-state index contributed by atoms with van der Waals surface area (Å²) in [6.07, 6.45) is 0.790. The number of amides is 1. The quantitative estimate of drug-likeness (QED) is 0.648. The van der Waals surface area contributed by atoms with Crippen molar-refractivity contribution in [3.8, 4) is 11.3 Å². The van der Waals surface area contributed by atoms with Crippen molar-refractivity contribution in [2.24, 2.45) is 0 Å². The van der Waals surface area contributed by atoms with E-state index < -0.39 is 5.97 Å². The van der Waals surface area contributed by atoms with Crippen LogP contribution in [0.25, 0.3) is 11.3 Å². The van der Waals surface area contributed by atoms with Crippen LogP contribution in [0.5, 0.6) is 0 Å². The van der Waals surface area contributed by atoms with Crippen LogP contribution in [0, 0.1) is 6.92 Å². The summed E-state index contributed by atoms with van der Waals surface area (Å²) >= 11 is 0. The highest BCUT2D eigenvalue weighted by Gasteiger charge is 2.31. The van der Waals surface area contributed by atoms with Gasteiger partial charge in [0, 0.05) is 17.3 Å². The lowest BCUT2D eigenvalue weighted by molar-refractivity contribution is -0.122. The zero-order chi connectivity index (χ0) is 19.7. The lowest BCUT2D eigenvalue weighted by atomic mass is 10.1. The molecular weight excluding hydrogens is 356 g/mol. The summed E-state index contributed by atoms with van der Waals surface area (Å²) in [5, 5.41) is 3.98. The molecule has 0 saturated carbocycles. The van der Waals surface area contributed by atoms with Crippen molar-refractivity contribution in [3.05, 3.63) is 71.5 Å². The Morgan fingerprint density at radius 1 is 1.14 bits per heavy atom. The molecule has 0 spiro atoms. The van der Waals surface area contributed by atoms with E-state index in [1.807, 2.05) is 61.5 Å². The van der Waals surface area contributed by atoms with Crippen molar-refractivity contribution in [1.29, 1.82) is 0 Å². The molecule has 0 bridgehead atoms. The van der Waals surface area contributed by atoms with Crippen LogP contribution in [0.3, 0.4) is 0 Å². The van der Waals surface area contributed by atoms with Crippen LogP contribution in [-0.2, 0) is 16.0 Å². The average Bonchev–Trinajstić information content (AvgIpc) is 3.25. The molecule has 1 amide bonds. The maximum Gasteiger partial charge on any atom is 0.344 e. The normalized spacial score (nSPS) is 15.4. The highest BCUT2D eigenvalue weighted by Crippen LogP contribution is 2.32. The average molecular weight is 376 g/mol. The minimum Gasteiger partial charge on any atom is -0.452 e. The summed E-state index contributed by atoms with van der Waals surface area (Å²) in [6.45, 7) is 3.30. The third-order valence-electron chi connectivity index (χ3n) is 4.92. The fourth-order valence-corrected chi connectivity index (χ4v) is 3.62. The zero-order valence-electron chi connectivity index (χ0n) is 15.7. The number of aryl methyl sites for hydroxylation is 1. The largest absolute Gasteiger partial charge is 0.452 e. The Kier molecular flexibility index (Phi) is 4.69. The van der Waals surface area contributed by atoms with Gasteiger partial charge in [0.1, 0.15) is 17.0 Å². The molecule has 0 aliphatic carbocycles. The number of ether oxygens (including phenoxy) is 1. The fraction of sp³-hybridized carbons (Fsp3) is 0.227. The van der Waals surface area contributed by atoms with Crippen molar-refractivity contribution >= 4 is 17.6 Å². The molecular formula is C22H20N2O4. The van der Waals surface area contributed by atoms with Gasteiger partial charge in [-0.25, -0.2) is 4.79 Å². The minimum absolute atomic E-state index is 0.0285. The molecule has 1 aliphatic heterocycles. The predicted octanol–water partition coefficient (Wildman–Crippen LogP) is 3.78. The molecule has 0 saturated heterocycles. The number of carbonyl (C=O) groups excluding carboxylic acids is 2.